The van der Waals surface area contributed by atoms with Crippen LogP contribution in [0.2, 0.25) is 0 Å². The Kier molecular flexibility index (Phi) is 10.7. The molecular weight excluding hydrogens is 230 g/mol. The van der Waals surface area contributed by atoms with E-state index in [2.05, 4.69) is 46.9 Å². The van der Waals surface area contributed by atoms with Crippen molar-refractivity contribution in [1.29, 1.82) is 0 Å². The third-order valence-electron chi connectivity index (χ3n) is 3.80. The SMILES string of the molecule is CCCCCCCC(CC(C)CC(C)(C)C)NCC. The minimum Gasteiger partial charge on any atom is -0.314 e. The highest BCUT2D eigenvalue weighted by molar-refractivity contribution is 4.73. The monoisotopic (exact) mass is 269 g/mol. The summed E-state index contributed by atoms with van der Waals surface area (Å²) in [7, 11) is 0. The van der Waals surface area contributed by atoms with Gasteiger partial charge in [0.15, 0.2) is 0 Å². The lowest BCUT2D eigenvalue weighted by Gasteiger charge is -2.27. The molecular formula is C18H39N. The van der Waals surface area contributed by atoms with E-state index in [0.29, 0.717) is 5.41 Å². The Hall–Kier alpha value is -0.0400. The number of hydrogen-bond donors (Lipinski definition) is 1. The van der Waals surface area contributed by atoms with E-state index in [1.807, 2.05) is 0 Å². The Bertz CT molecular complexity index is 192. The van der Waals surface area contributed by atoms with E-state index in [1.165, 1.54) is 51.4 Å². The average Bonchev–Trinajstić information content (AvgIpc) is 2.26. The summed E-state index contributed by atoms with van der Waals surface area (Å²) in [4.78, 5) is 0. The first-order chi connectivity index (χ1) is 8.89. The first kappa shape index (κ1) is 19.0. The minimum atomic E-state index is 0.470. The summed E-state index contributed by atoms with van der Waals surface area (Å²) in [5.41, 5.74) is 0.470. The topological polar surface area (TPSA) is 12.0 Å². The van der Waals surface area contributed by atoms with Crippen LogP contribution in [-0.4, -0.2) is 12.6 Å². The van der Waals surface area contributed by atoms with Gasteiger partial charge >= 0.3 is 0 Å². The van der Waals surface area contributed by atoms with Gasteiger partial charge in [-0.25, -0.2) is 0 Å². The van der Waals surface area contributed by atoms with Gasteiger partial charge in [-0.2, -0.15) is 0 Å². The lowest BCUT2D eigenvalue weighted by molar-refractivity contribution is 0.269. The molecule has 2 unspecified atom stereocenters. The second-order valence-electron chi connectivity index (χ2n) is 7.56. The first-order valence-electron chi connectivity index (χ1n) is 8.62. The molecule has 0 aromatic rings. The largest absolute Gasteiger partial charge is 0.314 e. The van der Waals surface area contributed by atoms with Crippen LogP contribution in [0.4, 0.5) is 0 Å². The Morgan fingerprint density at radius 2 is 1.58 bits per heavy atom. The van der Waals surface area contributed by atoms with Gasteiger partial charge in [-0.05, 0) is 37.1 Å². The van der Waals surface area contributed by atoms with Gasteiger partial charge < -0.3 is 5.32 Å². The molecule has 2 atom stereocenters. The minimum absolute atomic E-state index is 0.470. The van der Waals surface area contributed by atoms with Gasteiger partial charge in [0.1, 0.15) is 0 Å². The van der Waals surface area contributed by atoms with Crippen LogP contribution in [-0.2, 0) is 0 Å². The molecule has 0 aromatic carbocycles. The number of hydrogen-bond acceptors (Lipinski definition) is 1. The molecule has 116 valence electrons. The standard InChI is InChI=1S/C18H39N/c1-7-9-10-11-12-13-17(19-8-2)14-16(3)15-18(4,5)6/h16-17,19H,7-15H2,1-6H3. The molecule has 0 aliphatic rings. The zero-order valence-electron chi connectivity index (χ0n) is 14.5. The maximum absolute atomic E-state index is 3.69. The smallest absolute Gasteiger partial charge is 0.00694 e. The van der Waals surface area contributed by atoms with E-state index in [9.17, 15) is 0 Å². The molecule has 0 bridgehead atoms. The molecule has 0 spiro atoms. The summed E-state index contributed by atoms with van der Waals surface area (Å²) in [6.07, 6.45) is 11.1. The molecule has 0 heterocycles. The van der Waals surface area contributed by atoms with Crippen LogP contribution in [0.3, 0.4) is 0 Å². The summed E-state index contributed by atoms with van der Waals surface area (Å²) in [5, 5.41) is 3.69. The van der Waals surface area contributed by atoms with Gasteiger partial charge in [0.2, 0.25) is 0 Å². The van der Waals surface area contributed by atoms with E-state index in [-0.39, 0.29) is 0 Å². The summed E-state index contributed by atoms with van der Waals surface area (Å²) >= 11 is 0. The van der Waals surface area contributed by atoms with Crippen LogP contribution in [0.15, 0.2) is 0 Å². The van der Waals surface area contributed by atoms with Crippen molar-refractivity contribution in [2.75, 3.05) is 6.54 Å². The van der Waals surface area contributed by atoms with Gasteiger partial charge in [-0.15, -0.1) is 0 Å². The number of rotatable bonds is 11. The molecule has 0 aromatic heterocycles. The molecule has 0 saturated heterocycles. The van der Waals surface area contributed by atoms with Crippen molar-refractivity contribution < 1.29 is 0 Å². The van der Waals surface area contributed by atoms with Crippen LogP contribution in [0, 0.1) is 11.3 Å². The highest BCUT2D eigenvalue weighted by atomic mass is 14.9. The third kappa shape index (κ3) is 12.7. The normalized spacial score (nSPS) is 15.5. The second kappa shape index (κ2) is 10.7. The van der Waals surface area contributed by atoms with Gasteiger partial charge in [0.05, 0.1) is 0 Å². The summed E-state index contributed by atoms with van der Waals surface area (Å²) in [6, 6.07) is 0.740. The highest BCUT2D eigenvalue weighted by Gasteiger charge is 2.18. The Balaban J connectivity index is 3.90. The van der Waals surface area contributed by atoms with Crippen LogP contribution in [0.5, 0.6) is 0 Å². The van der Waals surface area contributed by atoms with E-state index in [4.69, 9.17) is 0 Å². The Morgan fingerprint density at radius 3 is 2.11 bits per heavy atom. The molecule has 0 aliphatic heterocycles. The van der Waals surface area contributed by atoms with E-state index in [0.717, 1.165) is 18.5 Å². The van der Waals surface area contributed by atoms with Crippen molar-refractivity contribution in [3.63, 3.8) is 0 Å². The Labute approximate surface area is 122 Å². The highest BCUT2D eigenvalue weighted by Crippen LogP contribution is 2.27. The zero-order chi connectivity index (χ0) is 14.7. The third-order valence-corrected chi connectivity index (χ3v) is 3.80. The quantitative estimate of drug-likeness (QED) is 0.468. The maximum atomic E-state index is 3.69. The summed E-state index contributed by atoms with van der Waals surface area (Å²) in [5.74, 6) is 0.833. The first-order valence-corrected chi connectivity index (χ1v) is 8.62. The number of nitrogens with one attached hydrogen (secondary N) is 1. The molecule has 0 saturated carbocycles. The van der Waals surface area contributed by atoms with Gasteiger partial charge in [-0.3, -0.25) is 0 Å². The van der Waals surface area contributed by atoms with Gasteiger partial charge in [-0.1, -0.05) is 73.6 Å². The predicted octanol–water partition coefficient (Wildman–Crippen LogP) is 5.79. The van der Waals surface area contributed by atoms with Crippen LogP contribution in [0.1, 0.15) is 92.9 Å². The lowest BCUT2D eigenvalue weighted by atomic mass is 9.82. The molecule has 0 fully saturated rings. The van der Waals surface area contributed by atoms with Crippen molar-refractivity contribution in [3.05, 3.63) is 0 Å². The Morgan fingerprint density at radius 1 is 0.947 bits per heavy atom. The van der Waals surface area contributed by atoms with E-state index >= 15 is 0 Å². The van der Waals surface area contributed by atoms with Crippen LogP contribution >= 0.6 is 0 Å². The fourth-order valence-corrected chi connectivity index (χ4v) is 3.20. The molecule has 0 aliphatic carbocycles. The summed E-state index contributed by atoms with van der Waals surface area (Å²) in [6.45, 7) is 15.1. The van der Waals surface area contributed by atoms with Crippen molar-refractivity contribution in [3.8, 4) is 0 Å². The van der Waals surface area contributed by atoms with Crippen LogP contribution in [0.25, 0.3) is 0 Å². The molecule has 0 amide bonds. The van der Waals surface area contributed by atoms with Crippen molar-refractivity contribution in [2.24, 2.45) is 11.3 Å². The average molecular weight is 270 g/mol. The number of unbranched alkanes of at least 4 members (excludes halogenated alkanes) is 4. The summed E-state index contributed by atoms with van der Waals surface area (Å²) < 4.78 is 0. The molecule has 1 N–H and O–H groups in total. The molecule has 1 nitrogen and oxygen atoms in total. The van der Waals surface area contributed by atoms with Gasteiger partial charge in [0, 0.05) is 6.04 Å². The fourth-order valence-electron chi connectivity index (χ4n) is 3.20. The lowest BCUT2D eigenvalue weighted by Crippen LogP contribution is -2.31. The van der Waals surface area contributed by atoms with Crippen molar-refractivity contribution >= 4 is 0 Å². The molecule has 1 heteroatoms. The molecule has 0 rings (SSSR count). The second-order valence-corrected chi connectivity index (χ2v) is 7.56. The zero-order valence-corrected chi connectivity index (χ0v) is 14.5. The van der Waals surface area contributed by atoms with Crippen molar-refractivity contribution in [2.45, 2.75) is 99.0 Å². The predicted molar refractivity (Wildman–Crippen MR) is 88.7 cm³/mol. The van der Waals surface area contributed by atoms with E-state index < -0.39 is 0 Å². The van der Waals surface area contributed by atoms with E-state index in [1.54, 1.807) is 0 Å². The van der Waals surface area contributed by atoms with Gasteiger partial charge in [0.25, 0.3) is 0 Å². The van der Waals surface area contributed by atoms with Crippen molar-refractivity contribution in [1.82, 2.24) is 5.32 Å². The fraction of sp³-hybridized carbons (Fsp3) is 1.00. The molecule has 0 radical (unpaired) electrons. The molecule has 19 heavy (non-hydrogen) atoms. The van der Waals surface area contributed by atoms with Crippen LogP contribution < -0.4 is 5.32 Å². The maximum Gasteiger partial charge on any atom is 0.00694 e.